The van der Waals surface area contributed by atoms with E-state index >= 15 is 0 Å². The van der Waals surface area contributed by atoms with E-state index in [0.29, 0.717) is 12.4 Å². The first kappa shape index (κ1) is 19.6. The van der Waals surface area contributed by atoms with Gasteiger partial charge in [-0.3, -0.25) is 9.48 Å². The predicted octanol–water partition coefficient (Wildman–Crippen LogP) is 3.61. The number of hydrogen-bond donors (Lipinski definition) is 1. The molecule has 1 fully saturated rings. The highest BCUT2D eigenvalue weighted by Crippen LogP contribution is 2.42. The number of nitrogen functional groups attached to an aromatic ring is 1. The molecule has 4 heterocycles. The van der Waals surface area contributed by atoms with Crippen molar-refractivity contribution in [2.75, 3.05) is 24.2 Å². The third-order valence-corrected chi connectivity index (χ3v) is 6.68. The number of aryl methyl sites for hydroxylation is 2. The quantitative estimate of drug-likeness (QED) is 0.606. The predicted molar refractivity (Wildman–Crippen MR) is 122 cm³/mol. The van der Waals surface area contributed by atoms with Gasteiger partial charge >= 0.3 is 0 Å². The van der Waals surface area contributed by atoms with Crippen LogP contribution in [-0.2, 0) is 13.6 Å². The summed E-state index contributed by atoms with van der Waals surface area (Å²) in [7, 11) is 3.78. The van der Waals surface area contributed by atoms with Crippen molar-refractivity contribution in [3.8, 4) is 11.1 Å². The van der Waals surface area contributed by atoms with E-state index in [2.05, 4.69) is 28.9 Å². The molecule has 1 saturated heterocycles. The number of carbonyl (C=O) groups excluding carboxylic acids is 1. The van der Waals surface area contributed by atoms with Gasteiger partial charge in [0.15, 0.2) is 0 Å². The molecule has 160 valence electrons. The van der Waals surface area contributed by atoms with Crippen LogP contribution in [0.2, 0.25) is 0 Å². The SMILES string of the molecule is Cc1ccc2c(c1)[C@H]1CCCN1c1cc(cnc1N)-c1c(nn(C)c1C)CN(C)C2=O. The van der Waals surface area contributed by atoms with Crippen LogP contribution < -0.4 is 10.6 Å². The highest BCUT2D eigenvalue weighted by molar-refractivity contribution is 5.96. The first-order valence-corrected chi connectivity index (χ1v) is 10.8. The lowest BCUT2D eigenvalue weighted by molar-refractivity contribution is 0.0782. The molecule has 7 heteroatoms. The molecule has 7 nitrogen and oxygen atoms in total. The lowest BCUT2D eigenvalue weighted by Crippen LogP contribution is -2.31. The van der Waals surface area contributed by atoms with Crippen molar-refractivity contribution in [3.05, 3.63) is 58.5 Å². The molecule has 31 heavy (non-hydrogen) atoms. The maximum atomic E-state index is 13.6. The number of anilines is 2. The number of carbonyl (C=O) groups is 1. The lowest BCUT2D eigenvalue weighted by atomic mass is 9.94. The normalized spacial score (nSPS) is 18.2. The van der Waals surface area contributed by atoms with Gasteiger partial charge in [0.25, 0.3) is 5.91 Å². The van der Waals surface area contributed by atoms with Crippen molar-refractivity contribution in [1.82, 2.24) is 19.7 Å². The summed E-state index contributed by atoms with van der Waals surface area (Å²) in [5.41, 5.74) is 14.2. The molecule has 2 bridgehead atoms. The van der Waals surface area contributed by atoms with Gasteiger partial charge in [-0.15, -0.1) is 0 Å². The third kappa shape index (κ3) is 3.07. The van der Waals surface area contributed by atoms with E-state index in [0.717, 1.165) is 64.3 Å². The third-order valence-electron chi connectivity index (χ3n) is 6.68. The Morgan fingerprint density at radius 1 is 1.16 bits per heavy atom. The number of hydrogen-bond acceptors (Lipinski definition) is 5. The minimum atomic E-state index is 0.0198. The molecule has 0 unspecified atom stereocenters. The molecule has 1 amide bonds. The van der Waals surface area contributed by atoms with Crippen LogP contribution in [0.3, 0.4) is 0 Å². The average molecular weight is 417 g/mol. The monoisotopic (exact) mass is 416 g/mol. The minimum Gasteiger partial charge on any atom is -0.382 e. The van der Waals surface area contributed by atoms with Gasteiger partial charge in [-0.1, -0.05) is 17.7 Å². The first-order valence-electron chi connectivity index (χ1n) is 10.8. The minimum absolute atomic E-state index is 0.0198. The van der Waals surface area contributed by atoms with E-state index in [9.17, 15) is 4.79 Å². The van der Waals surface area contributed by atoms with Crippen molar-refractivity contribution in [3.63, 3.8) is 0 Å². The van der Waals surface area contributed by atoms with Crippen LogP contribution in [0.1, 0.15) is 51.8 Å². The fourth-order valence-electron chi connectivity index (χ4n) is 5.03. The zero-order chi connectivity index (χ0) is 21.9. The molecule has 2 aliphatic heterocycles. The van der Waals surface area contributed by atoms with Gasteiger partial charge in [0.05, 0.1) is 24.0 Å². The summed E-state index contributed by atoms with van der Waals surface area (Å²) in [6.45, 7) is 5.43. The van der Waals surface area contributed by atoms with Crippen LogP contribution in [0.25, 0.3) is 11.1 Å². The largest absolute Gasteiger partial charge is 0.382 e. The lowest BCUT2D eigenvalue weighted by Gasteiger charge is -2.31. The van der Waals surface area contributed by atoms with Gasteiger partial charge in [-0.25, -0.2) is 4.98 Å². The van der Waals surface area contributed by atoms with Gasteiger partial charge in [-0.2, -0.15) is 5.10 Å². The first-order chi connectivity index (χ1) is 14.8. The Morgan fingerprint density at radius 3 is 2.77 bits per heavy atom. The van der Waals surface area contributed by atoms with Crippen LogP contribution in [0, 0.1) is 13.8 Å². The van der Waals surface area contributed by atoms with Gasteiger partial charge in [-0.05, 0) is 44.4 Å². The zero-order valence-electron chi connectivity index (χ0n) is 18.5. The summed E-state index contributed by atoms with van der Waals surface area (Å²) in [5, 5.41) is 4.73. The molecule has 3 aromatic rings. The molecule has 1 aromatic carbocycles. The van der Waals surface area contributed by atoms with Crippen LogP contribution in [0.15, 0.2) is 30.5 Å². The highest BCUT2D eigenvalue weighted by Gasteiger charge is 2.33. The number of nitrogens with two attached hydrogens (primary N) is 1. The van der Waals surface area contributed by atoms with Crippen molar-refractivity contribution in [2.24, 2.45) is 7.05 Å². The molecule has 1 atom stereocenters. The summed E-state index contributed by atoms with van der Waals surface area (Å²) in [6.07, 6.45) is 3.85. The molecule has 5 rings (SSSR count). The summed E-state index contributed by atoms with van der Waals surface area (Å²) >= 11 is 0. The van der Waals surface area contributed by atoms with E-state index in [1.807, 2.05) is 44.0 Å². The molecular weight excluding hydrogens is 388 g/mol. The van der Waals surface area contributed by atoms with Crippen LogP contribution in [0.5, 0.6) is 0 Å². The Kier molecular flexibility index (Phi) is 4.50. The number of fused-ring (bicyclic) bond motifs is 8. The van der Waals surface area contributed by atoms with Gasteiger partial charge < -0.3 is 15.5 Å². The zero-order valence-corrected chi connectivity index (χ0v) is 18.5. The molecule has 0 spiro atoms. The molecule has 0 aliphatic carbocycles. The van der Waals surface area contributed by atoms with Crippen molar-refractivity contribution in [1.29, 1.82) is 0 Å². The number of nitrogens with zero attached hydrogens (tertiary/aromatic N) is 5. The topological polar surface area (TPSA) is 80.3 Å². The van der Waals surface area contributed by atoms with E-state index in [1.165, 1.54) is 0 Å². The van der Waals surface area contributed by atoms with Crippen molar-refractivity contribution < 1.29 is 4.79 Å². The summed E-state index contributed by atoms with van der Waals surface area (Å²) < 4.78 is 1.87. The molecule has 2 aliphatic rings. The number of aromatic nitrogens is 3. The Balaban J connectivity index is 1.79. The number of pyridine rings is 1. The Bertz CT molecular complexity index is 1200. The van der Waals surface area contributed by atoms with Crippen molar-refractivity contribution >= 4 is 17.4 Å². The number of benzene rings is 1. The fraction of sp³-hybridized carbons (Fsp3) is 0.375. The van der Waals surface area contributed by atoms with Crippen molar-refractivity contribution in [2.45, 2.75) is 39.3 Å². The van der Waals surface area contributed by atoms with Gasteiger partial charge in [0.1, 0.15) is 5.82 Å². The molecule has 0 radical (unpaired) electrons. The van der Waals surface area contributed by atoms with Gasteiger partial charge in [0, 0.05) is 49.2 Å². The smallest absolute Gasteiger partial charge is 0.254 e. The molecule has 0 saturated carbocycles. The summed E-state index contributed by atoms with van der Waals surface area (Å²) in [5.74, 6) is 0.542. The van der Waals surface area contributed by atoms with E-state index < -0.39 is 0 Å². The molecular formula is C24H28N6O. The molecule has 2 N–H and O–H groups in total. The second-order valence-electron chi connectivity index (χ2n) is 8.76. The van der Waals surface area contributed by atoms with Gasteiger partial charge in [0.2, 0.25) is 0 Å². The molecule has 2 aromatic heterocycles. The number of rotatable bonds is 0. The van der Waals surface area contributed by atoms with E-state index in [1.54, 1.807) is 4.90 Å². The highest BCUT2D eigenvalue weighted by atomic mass is 16.2. The maximum Gasteiger partial charge on any atom is 0.254 e. The van der Waals surface area contributed by atoms with Crippen LogP contribution >= 0.6 is 0 Å². The number of amides is 1. The van der Waals surface area contributed by atoms with E-state index in [4.69, 9.17) is 10.8 Å². The Morgan fingerprint density at radius 2 is 1.97 bits per heavy atom. The van der Waals surface area contributed by atoms with Crippen LogP contribution in [0.4, 0.5) is 11.5 Å². The summed E-state index contributed by atoms with van der Waals surface area (Å²) in [4.78, 5) is 22.2. The summed E-state index contributed by atoms with van der Waals surface area (Å²) in [6, 6.07) is 8.38. The standard InChI is InChI=1S/C24H28N6O/c1-14-7-8-17-18(10-14)20-6-5-9-30(20)21-11-16(12-26-23(21)25)22-15(2)29(4)27-19(22)13-28(3)24(17)31/h7-8,10-12,20H,5-6,9,13H2,1-4H3,(H2,25,26)/t20-/m1/s1. The Hall–Kier alpha value is -3.35. The Labute approximate surface area is 182 Å². The maximum absolute atomic E-state index is 13.6. The van der Waals surface area contributed by atoms with E-state index in [-0.39, 0.29) is 11.9 Å². The average Bonchev–Trinajstić information content (AvgIpc) is 3.32. The second-order valence-corrected chi connectivity index (χ2v) is 8.76. The van der Waals surface area contributed by atoms with Crippen LogP contribution in [-0.4, -0.2) is 39.2 Å². The fourth-order valence-corrected chi connectivity index (χ4v) is 5.03. The second kappa shape index (κ2) is 7.11.